The number of aromatic nitrogens is 1. The van der Waals surface area contributed by atoms with Crippen LogP contribution in [0.25, 0.3) is 0 Å². The van der Waals surface area contributed by atoms with Crippen molar-refractivity contribution in [2.75, 3.05) is 26.2 Å². The molecule has 2 aliphatic heterocycles. The highest BCUT2D eigenvalue weighted by Gasteiger charge is 2.42. The molecule has 0 bridgehead atoms. The van der Waals surface area contributed by atoms with Crippen molar-refractivity contribution in [2.24, 2.45) is 11.8 Å². The van der Waals surface area contributed by atoms with Crippen molar-refractivity contribution in [3.05, 3.63) is 29.6 Å². The fourth-order valence-electron chi connectivity index (χ4n) is 3.22. The Hall–Kier alpha value is -1.62. The molecule has 3 heterocycles. The van der Waals surface area contributed by atoms with Crippen LogP contribution in [0.4, 0.5) is 4.79 Å². The molecule has 5 nitrogen and oxygen atoms in total. The maximum absolute atomic E-state index is 11.9. The molecule has 0 saturated carbocycles. The highest BCUT2D eigenvalue weighted by Crippen LogP contribution is 2.32. The number of hydrogen-bond acceptors (Lipinski definition) is 4. The molecule has 1 amide bonds. The zero-order valence-corrected chi connectivity index (χ0v) is 14.6. The van der Waals surface area contributed by atoms with Crippen molar-refractivity contribution in [3.63, 3.8) is 0 Å². The number of nitrogens with zero attached hydrogens (tertiary/aromatic N) is 3. The molecular weight excluding hydrogens is 290 g/mol. The SMILES string of the molecule is Cc1cccnc1CN1CC(C2CN(C(=O)OC(C)(C)C)C2)C1. The van der Waals surface area contributed by atoms with Crippen LogP contribution in [-0.4, -0.2) is 52.7 Å². The Bertz CT molecular complexity index is 570. The first-order chi connectivity index (χ1) is 10.8. The van der Waals surface area contributed by atoms with Crippen LogP contribution in [0.2, 0.25) is 0 Å². The molecule has 23 heavy (non-hydrogen) atoms. The third-order valence-electron chi connectivity index (χ3n) is 4.70. The van der Waals surface area contributed by atoms with Gasteiger partial charge in [0.2, 0.25) is 0 Å². The zero-order valence-electron chi connectivity index (χ0n) is 14.6. The third-order valence-corrected chi connectivity index (χ3v) is 4.70. The quantitative estimate of drug-likeness (QED) is 0.860. The lowest BCUT2D eigenvalue weighted by atomic mass is 9.80. The Morgan fingerprint density at radius 3 is 2.52 bits per heavy atom. The van der Waals surface area contributed by atoms with Crippen LogP contribution in [0.15, 0.2) is 18.3 Å². The highest BCUT2D eigenvalue weighted by molar-refractivity contribution is 5.69. The predicted octanol–water partition coefficient (Wildman–Crippen LogP) is 2.69. The minimum atomic E-state index is -0.407. The first-order valence-corrected chi connectivity index (χ1v) is 8.42. The van der Waals surface area contributed by atoms with E-state index < -0.39 is 5.60 Å². The summed E-state index contributed by atoms with van der Waals surface area (Å²) in [4.78, 5) is 20.7. The Morgan fingerprint density at radius 1 is 1.26 bits per heavy atom. The van der Waals surface area contributed by atoms with E-state index in [1.165, 1.54) is 11.3 Å². The second kappa shape index (κ2) is 6.11. The summed E-state index contributed by atoms with van der Waals surface area (Å²) in [5, 5.41) is 0. The molecule has 1 aromatic rings. The van der Waals surface area contributed by atoms with E-state index in [2.05, 4.69) is 22.9 Å². The molecule has 5 heteroatoms. The average molecular weight is 317 g/mol. The molecule has 0 atom stereocenters. The Labute approximate surface area is 138 Å². The zero-order chi connectivity index (χ0) is 16.6. The number of pyridine rings is 1. The Morgan fingerprint density at radius 2 is 1.91 bits per heavy atom. The molecule has 2 fully saturated rings. The van der Waals surface area contributed by atoms with Crippen LogP contribution in [0, 0.1) is 18.8 Å². The number of carbonyl (C=O) groups is 1. The lowest BCUT2D eigenvalue weighted by Gasteiger charge is -2.50. The van der Waals surface area contributed by atoms with Crippen LogP contribution < -0.4 is 0 Å². The number of hydrogen-bond donors (Lipinski definition) is 0. The van der Waals surface area contributed by atoms with Crippen molar-refractivity contribution in [2.45, 2.75) is 39.8 Å². The average Bonchev–Trinajstić information content (AvgIpc) is 2.33. The number of carbonyl (C=O) groups excluding carboxylic acids is 1. The van der Waals surface area contributed by atoms with Gasteiger partial charge in [-0.15, -0.1) is 0 Å². The second-order valence-corrected chi connectivity index (χ2v) is 7.87. The minimum absolute atomic E-state index is 0.172. The fourth-order valence-corrected chi connectivity index (χ4v) is 3.22. The largest absolute Gasteiger partial charge is 0.444 e. The van der Waals surface area contributed by atoms with Gasteiger partial charge >= 0.3 is 6.09 Å². The van der Waals surface area contributed by atoms with Crippen molar-refractivity contribution in [3.8, 4) is 0 Å². The molecule has 3 rings (SSSR count). The van der Waals surface area contributed by atoms with Crippen molar-refractivity contribution in [1.29, 1.82) is 0 Å². The van der Waals surface area contributed by atoms with E-state index in [1.54, 1.807) is 0 Å². The molecule has 0 aromatic carbocycles. The van der Waals surface area contributed by atoms with E-state index >= 15 is 0 Å². The molecular formula is C18H27N3O2. The Kier molecular flexibility index (Phi) is 4.32. The van der Waals surface area contributed by atoms with E-state index in [-0.39, 0.29) is 6.09 Å². The first kappa shape index (κ1) is 16.2. The molecule has 0 N–H and O–H groups in total. The molecule has 0 unspecified atom stereocenters. The van der Waals surface area contributed by atoms with Crippen molar-refractivity contribution < 1.29 is 9.53 Å². The van der Waals surface area contributed by atoms with E-state index in [4.69, 9.17) is 4.74 Å². The van der Waals surface area contributed by atoms with Gasteiger partial charge in [0.25, 0.3) is 0 Å². The molecule has 126 valence electrons. The van der Waals surface area contributed by atoms with E-state index in [1.807, 2.05) is 37.9 Å². The Balaban J connectivity index is 1.39. The maximum atomic E-state index is 11.9. The van der Waals surface area contributed by atoms with Crippen LogP contribution in [0.5, 0.6) is 0 Å². The van der Waals surface area contributed by atoms with E-state index in [0.29, 0.717) is 11.8 Å². The maximum Gasteiger partial charge on any atom is 0.410 e. The molecule has 0 aliphatic carbocycles. The smallest absolute Gasteiger partial charge is 0.410 e. The third kappa shape index (κ3) is 3.83. The van der Waals surface area contributed by atoms with E-state index in [9.17, 15) is 4.79 Å². The lowest BCUT2D eigenvalue weighted by molar-refractivity contribution is -0.0413. The van der Waals surface area contributed by atoms with Crippen molar-refractivity contribution in [1.82, 2.24) is 14.8 Å². The highest BCUT2D eigenvalue weighted by atomic mass is 16.6. The van der Waals surface area contributed by atoms with Gasteiger partial charge < -0.3 is 9.64 Å². The summed E-state index contributed by atoms with van der Waals surface area (Å²) in [6, 6.07) is 4.10. The number of likely N-dealkylation sites (tertiary alicyclic amines) is 2. The van der Waals surface area contributed by atoms with Crippen molar-refractivity contribution >= 4 is 6.09 Å². The molecule has 2 saturated heterocycles. The number of amides is 1. The summed E-state index contributed by atoms with van der Waals surface area (Å²) >= 11 is 0. The van der Waals surface area contributed by atoms with Gasteiger partial charge in [0, 0.05) is 38.9 Å². The lowest BCUT2D eigenvalue weighted by Crippen LogP contribution is -2.60. The van der Waals surface area contributed by atoms with Gasteiger partial charge in [0.15, 0.2) is 0 Å². The van der Waals surface area contributed by atoms with Crippen LogP contribution in [0.1, 0.15) is 32.0 Å². The first-order valence-electron chi connectivity index (χ1n) is 8.42. The summed E-state index contributed by atoms with van der Waals surface area (Å²) in [5.41, 5.74) is 2.03. The predicted molar refractivity (Wildman–Crippen MR) is 89.0 cm³/mol. The van der Waals surface area contributed by atoms with Gasteiger partial charge in [0.1, 0.15) is 5.60 Å². The standard InChI is InChI=1S/C18H27N3O2/c1-13-6-5-7-19-16(13)12-20-8-14(9-20)15-10-21(11-15)17(22)23-18(2,3)4/h5-7,14-15H,8-12H2,1-4H3. The summed E-state index contributed by atoms with van der Waals surface area (Å²) in [7, 11) is 0. The van der Waals surface area contributed by atoms with E-state index in [0.717, 1.165) is 32.7 Å². The normalized spacial score (nSPS) is 20.1. The van der Waals surface area contributed by atoms with Gasteiger partial charge in [-0.1, -0.05) is 6.07 Å². The van der Waals surface area contributed by atoms with Crippen LogP contribution in [0.3, 0.4) is 0 Å². The number of ether oxygens (including phenoxy) is 1. The second-order valence-electron chi connectivity index (χ2n) is 7.87. The van der Waals surface area contributed by atoms with Crippen LogP contribution in [-0.2, 0) is 11.3 Å². The minimum Gasteiger partial charge on any atom is -0.444 e. The fraction of sp³-hybridized carbons (Fsp3) is 0.667. The summed E-state index contributed by atoms with van der Waals surface area (Å²) in [6.07, 6.45) is 1.69. The van der Waals surface area contributed by atoms with Gasteiger partial charge in [0.05, 0.1) is 5.69 Å². The summed E-state index contributed by atoms with van der Waals surface area (Å²) in [5.74, 6) is 1.33. The van der Waals surface area contributed by atoms with Gasteiger partial charge in [-0.3, -0.25) is 9.88 Å². The summed E-state index contributed by atoms with van der Waals surface area (Å²) < 4.78 is 5.40. The molecule has 1 aromatic heterocycles. The van der Waals surface area contributed by atoms with Crippen LogP contribution >= 0.6 is 0 Å². The number of aryl methyl sites for hydroxylation is 1. The summed E-state index contributed by atoms with van der Waals surface area (Å²) in [6.45, 7) is 12.7. The number of rotatable bonds is 3. The molecule has 0 spiro atoms. The van der Waals surface area contributed by atoms with Gasteiger partial charge in [-0.2, -0.15) is 0 Å². The van der Waals surface area contributed by atoms with Gasteiger partial charge in [-0.05, 0) is 51.2 Å². The topological polar surface area (TPSA) is 45.7 Å². The molecule has 0 radical (unpaired) electrons. The molecule has 2 aliphatic rings. The monoisotopic (exact) mass is 317 g/mol. The van der Waals surface area contributed by atoms with Gasteiger partial charge in [-0.25, -0.2) is 4.79 Å².